The van der Waals surface area contributed by atoms with Gasteiger partial charge >= 0.3 is 0 Å². The number of aromatic nitrogens is 1. The Morgan fingerprint density at radius 2 is 2.00 bits per heavy atom. The minimum absolute atomic E-state index is 0.0210. The van der Waals surface area contributed by atoms with Crippen molar-refractivity contribution in [3.63, 3.8) is 0 Å². The fraction of sp³-hybridized carbons (Fsp3) is 0.300. The van der Waals surface area contributed by atoms with Gasteiger partial charge < -0.3 is 9.32 Å². The summed E-state index contributed by atoms with van der Waals surface area (Å²) in [5.74, 6) is 0.434. The third-order valence-electron chi connectivity index (χ3n) is 4.86. The Morgan fingerprint density at radius 3 is 2.73 bits per heavy atom. The summed E-state index contributed by atoms with van der Waals surface area (Å²) in [4.78, 5) is 21.5. The van der Waals surface area contributed by atoms with Crippen LogP contribution in [0.2, 0.25) is 0 Å². The highest BCUT2D eigenvalue weighted by atomic mass is 79.9. The molecule has 2 aromatic heterocycles. The molecule has 1 saturated heterocycles. The molecule has 1 aliphatic rings. The number of hydrogen-bond donors (Lipinski definition) is 0. The maximum atomic E-state index is 12.9. The average Bonchev–Trinajstić information content (AvgIpc) is 2.99. The average molecular weight is 414 g/mol. The molecule has 1 fully saturated rings. The third kappa shape index (κ3) is 3.39. The molecule has 0 radical (unpaired) electrons. The first-order valence-electron chi connectivity index (χ1n) is 8.72. The van der Waals surface area contributed by atoms with Gasteiger partial charge in [-0.2, -0.15) is 0 Å². The molecule has 1 amide bonds. The van der Waals surface area contributed by atoms with Crippen molar-refractivity contribution in [2.45, 2.75) is 13.5 Å². The second-order valence-corrected chi connectivity index (χ2v) is 7.50. The number of halogens is 1. The molecule has 3 heterocycles. The molecule has 0 atom stereocenters. The van der Waals surface area contributed by atoms with E-state index in [9.17, 15) is 4.79 Å². The fourth-order valence-corrected chi connectivity index (χ4v) is 3.73. The van der Waals surface area contributed by atoms with Crippen LogP contribution in [0.15, 0.2) is 51.5 Å². The molecule has 0 bridgehead atoms. The molecular weight excluding hydrogens is 394 g/mol. The lowest BCUT2D eigenvalue weighted by atomic mass is 10.1. The van der Waals surface area contributed by atoms with Crippen molar-refractivity contribution in [1.29, 1.82) is 0 Å². The third-order valence-corrected chi connectivity index (χ3v) is 5.36. The number of rotatable bonds is 3. The minimum Gasteiger partial charge on any atom is -0.451 e. The largest absolute Gasteiger partial charge is 0.451 e. The molecule has 26 heavy (non-hydrogen) atoms. The summed E-state index contributed by atoms with van der Waals surface area (Å²) >= 11 is 3.48. The number of amides is 1. The van der Waals surface area contributed by atoms with E-state index >= 15 is 0 Å². The first-order valence-corrected chi connectivity index (χ1v) is 9.51. The first kappa shape index (κ1) is 17.2. The molecule has 5 nitrogen and oxygen atoms in total. The zero-order valence-electron chi connectivity index (χ0n) is 14.6. The molecule has 4 rings (SSSR count). The van der Waals surface area contributed by atoms with Gasteiger partial charge in [0.05, 0.1) is 5.69 Å². The topological polar surface area (TPSA) is 49.6 Å². The molecule has 6 heteroatoms. The molecule has 0 aliphatic carbocycles. The van der Waals surface area contributed by atoms with E-state index in [0.717, 1.165) is 46.3 Å². The van der Waals surface area contributed by atoms with Crippen molar-refractivity contribution >= 4 is 32.8 Å². The summed E-state index contributed by atoms with van der Waals surface area (Å²) in [6.45, 7) is 5.85. The summed E-state index contributed by atoms with van der Waals surface area (Å²) in [7, 11) is 0. The van der Waals surface area contributed by atoms with E-state index in [-0.39, 0.29) is 5.91 Å². The normalized spacial score (nSPS) is 15.5. The van der Waals surface area contributed by atoms with Gasteiger partial charge in [-0.3, -0.25) is 14.7 Å². The van der Waals surface area contributed by atoms with Crippen molar-refractivity contribution in [3.8, 4) is 0 Å². The summed E-state index contributed by atoms with van der Waals surface area (Å²) in [5, 5.41) is 0.983. The molecule has 0 saturated carbocycles. The highest BCUT2D eigenvalue weighted by molar-refractivity contribution is 9.10. The van der Waals surface area contributed by atoms with Gasteiger partial charge in [-0.25, -0.2) is 0 Å². The van der Waals surface area contributed by atoms with E-state index in [2.05, 4.69) is 25.8 Å². The van der Waals surface area contributed by atoms with E-state index in [1.807, 2.05) is 54.4 Å². The predicted octanol–water partition coefficient (Wildman–Crippen LogP) is 3.86. The number of pyridine rings is 1. The lowest BCUT2D eigenvalue weighted by Gasteiger charge is -2.34. The lowest BCUT2D eigenvalue weighted by Crippen LogP contribution is -2.48. The van der Waals surface area contributed by atoms with Gasteiger partial charge in [-0.1, -0.05) is 22.0 Å². The van der Waals surface area contributed by atoms with E-state index in [1.165, 1.54) is 0 Å². The van der Waals surface area contributed by atoms with Crippen LogP contribution in [0.5, 0.6) is 0 Å². The Morgan fingerprint density at radius 1 is 1.19 bits per heavy atom. The minimum atomic E-state index is -0.0210. The van der Waals surface area contributed by atoms with Gasteiger partial charge in [-0.15, -0.1) is 0 Å². The molecule has 1 aromatic carbocycles. The van der Waals surface area contributed by atoms with Gasteiger partial charge in [0.15, 0.2) is 5.76 Å². The van der Waals surface area contributed by atoms with Crippen LogP contribution in [0, 0.1) is 6.92 Å². The van der Waals surface area contributed by atoms with Crippen molar-refractivity contribution in [2.24, 2.45) is 0 Å². The van der Waals surface area contributed by atoms with E-state index < -0.39 is 0 Å². The summed E-state index contributed by atoms with van der Waals surface area (Å²) in [5.41, 5.74) is 2.72. The number of carbonyl (C=O) groups excluding carboxylic acids is 1. The fourth-order valence-electron chi connectivity index (χ4n) is 3.37. The standard InChI is InChI=1S/C20H20BrN3O2/c1-14-17-12-15(21)5-6-18(17)26-19(14)20(25)24-10-8-23(9-11-24)13-16-4-2-3-7-22-16/h2-7,12H,8-11,13H2,1H3. The van der Waals surface area contributed by atoms with Crippen molar-refractivity contribution < 1.29 is 9.21 Å². The number of fused-ring (bicyclic) bond motifs is 1. The molecule has 0 unspecified atom stereocenters. The Kier molecular flexibility index (Phi) is 4.78. The molecule has 1 aliphatic heterocycles. The summed E-state index contributed by atoms with van der Waals surface area (Å²) < 4.78 is 6.84. The first-order chi connectivity index (χ1) is 12.6. The number of carbonyl (C=O) groups is 1. The molecule has 0 spiro atoms. The van der Waals surface area contributed by atoms with Crippen LogP contribution < -0.4 is 0 Å². The smallest absolute Gasteiger partial charge is 0.289 e. The molecular formula is C20H20BrN3O2. The number of nitrogens with zero attached hydrogens (tertiary/aromatic N) is 3. The Hall–Kier alpha value is -2.18. The number of furan rings is 1. The second-order valence-electron chi connectivity index (χ2n) is 6.59. The van der Waals surface area contributed by atoms with Crippen LogP contribution in [0.4, 0.5) is 0 Å². The Labute approximate surface area is 160 Å². The SMILES string of the molecule is Cc1c(C(=O)N2CCN(Cc3ccccn3)CC2)oc2ccc(Br)cc12. The highest BCUT2D eigenvalue weighted by Gasteiger charge is 2.26. The summed E-state index contributed by atoms with van der Waals surface area (Å²) in [6, 6.07) is 11.8. The van der Waals surface area contributed by atoms with Crippen molar-refractivity contribution in [1.82, 2.24) is 14.8 Å². The second kappa shape index (κ2) is 7.21. The van der Waals surface area contributed by atoms with Crippen LogP contribution in [-0.4, -0.2) is 46.9 Å². The molecule has 134 valence electrons. The highest BCUT2D eigenvalue weighted by Crippen LogP contribution is 2.29. The zero-order valence-corrected chi connectivity index (χ0v) is 16.2. The van der Waals surface area contributed by atoms with Crippen LogP contribution in [0.1, 0.15) is 21.8 Å². The van der Waals surface area contributed by atoms with Gasteiger partial charge in [0.2, 0.25) is 0 Å². The number of piperazine rings is 1. The quantitative estimate of drug-likeness (QED) is 0.653. The van der Waals surface area contributed by atoms with E-state index in [0.29, 0.717) is 18.8 Å². The number of benzene rings is 1. The van der Waals surface area contributed by atoms with Crippen molar-refractivity contribution in [3.05, 3.63) is 64.1 Å². The maximum Gasteiger partial charge on any atom is 0.289 e. The molecule has 3 aromatic rings. The van der Waals surface area contributed by atoms with Gasteiger partial charge in [-0.05, 0) is 37.3 Å². The van der Waals surface area contributed by atoms with Crippen LogP contribution in [0.25, 0.3) is 11.0 Å². The van der Waals surface area contributed by atoms with Gasteiger partial charge in [0.25, 0.3) is 5.91 Å². The van der Waals surface area contributed by atoms with E-state index in [4.69, 9.17) is 4.42 Å². The number of aryl methyl sites for hydroxylation is 1. The predicted molar refractivity (Wildman–Crippen MR) is 104 cm³/mol. The van der Waals surface area contributed by atoms with Crippen LogP contribution in [-0.2, 0) is 6.54 Å². The van der Waals surface area contributed by atoms with Crippen LogP contribution in [0.3, 0.4) is 0 Å². The van der Waals surface area contributed by atoms with Gasteiger partial charge in [0.1, 0.15) is 5.58 Å². The van der Waals surface area contributed by atoms with Gasteiger partial charge in [0, 0.05) is 54.3 Å². The van der Waals surface area contributed by atoms with Crippen molar-refractivity contribution in [2.75, 3.05) is 26.2 Å². The molecule has 0 N–H and O–H groups in total. The summed E-state index contributed by atoms with van der Waals surface area (Å²) in [6.07, 6.45) is 1.82. The zero-order chi connectivity index (χ0) is 18.1. The lowest BCUT2D eigenvalue weighted by molar-refractivity contribution is 0.0597. The monoisotopic (exact) mass is 413 g/mol. The van der Waals surface area contributed by atoms with Crippen LogP contribution >= 0.6 is 15.9 Å². The Balaban J connectivity index is 1.44. The maximum absolute atomic E-state index is 12.9. The number of hydrogen-bond acceptors (Lipinski definition) is 4. The van der Waals surface area contributed by atoms with E-state index in [1.54, 1.807) is 0 Å². The Bertz CT molecular complexity index is 931.